The standard InChI is InChI=1S/C17H17NO4/c19-16(18-13-8-9-13)10-22-17(20)11-21-15-7-3-5-12-4-1-2-6-14(12)15/h1-7,13H,8-11H2,(H,18,19). The van der Waals surface area contributed by atoms with Crippen LogP contribution in [0.4, 0.5) is 0 Å². The Morgan fingerprint density at radius 3 is 2.64 bits per heavy atom. The lowest BCUT2D eigenvalue weighted by atomic mass is 10.1. The highest BCUT2D eigenvalue weighted by atomic mass is 16.6. The number of ether oxygens (including phenoxy) is 2. The van der Waals surface area contributed by atoms with E-state index in [0.717, 1.165) is 23.6 Å². The summed E-state index contributed by atoms with van der Waals surface area (Å²) in [5, 5.41) is 4.72. The summed E-state index contributed by atoms with van der Waals surface area (Å²) < 4.78 is 10.4. The first-order valence-corrected chi connectivity index (χ1v) is 7.28. The highest BCUT2D eigenvalue weighted by molar-refractivity contribution is 5.88. The molecule has 1 aliphatic rings. The van der Waals surface area contributed by atoms with Crippen molar-refractivity contribution in [3.63, 3.8) is 0 Å². The number of carbonyl (C=O) groups excluding carboxylic acids is 2. The highest BCUT2D eigenvalue weighted by Gasteiger charge is 2.23. The fourth-order valence-corrected chi connectivity index (χ4v) is 2.14. The Morgan fingerprint density at radius 1 is 1.05 bits per heavy atom. The summed E-state index contributed by atoms with van der Waals surface area (Å²) in [6, 6.07) is 13.7. The fraction of sp³-hybridized carbons (Fsp3) is 0.294. The monoisotopic (exact) mass is 299 g/mol. The number of fused-ring (bicyclic) bond motifs is 1. The van der Waals surface area contributed by atoms with Crippen LogP contribution in [0, 0.1) is 0 Å². The minimum atomic E-state index is -0.557. The zero-order chi connectivity index (χ0) is 15.4. The molecule has 0 spiro atoms. The molecule has 1 saturated carbocycles. The Bertz CT molecular complexity index is 689. The molecule has 0 saturated heterocycles. The molecule has 2 aromatic rings. The van der Waals surface area contributed by atoms with Crippen LogP contribution in [0.3, 0.4) is 0 Å². The van der Waals surface area contributed by atoms with Crippen molar-refractivity contribution < 1.29 is 19.1 Å². The van der Waals surface area contributed by atoms with Crippen LogP contribution in [-0.2, 0) is 14.3 Å². The molecule has 0 aromatic heterocycles. The quantitative estimate of drug-likeness (QED) is 0.829. The van der Waals surface area contributed by atoms with Crippen molar-refractivity contribution in [1.29, 1.82) is 0 Å². The minimum Gasteiger partial charge on any atom is -0.481 e. The molecule has 1 fully saturated rings. The Balaban J connectivity index is 1.50. The summed E-state index contributed by atoms with van der Waals surface area (Å²) >= 11 is 0. The summed E-state index contributed by atoms with van der Waals surface area (Å²) in [5.74, 6) is -0.197. The van der Waals surface area contributed by atoms with Gasteiger partial charge in [0.15, 0.2) is 13.2 Å². The van der Waals surface area contributed by atoms with E-state index in [0.29, 0.717) is 5.75 Å². The smallest absolute Gasteiger partial charge is 0.344 e. The third-order valence-electron chi connectivity index (χ3n) is 3.40. The second kappa shape index (κ2) is 6.47. The number of esters is 1. The van der Waals surface area contributed by atoms with E-state index >= 15 is 0 Å². The van der Waals surface area contributed by atoms with Gasteiger partial charge in [-0.15, -0.1) is 0 Å². The summed E-state index contributed by atoms with van der Waals surface area (Å²) in [6.45, 7) is -0.473. The third-order valence-corrected chi connectivity index (χ3v) is 3.40. The molecule has 0 atom stereocenters. The van der Waals surface area contributed by atoms with Crippen LogP contribution in [0.15, 0.2) is 42.5 Å². The topological polar surface area (TPSA) is 64.6 Å². The Morgan fingerprint density at radius 2 is 1.82 bits per heavy atom. The summed E-state index contributed by atoms with van der Waals surface area (Å²) in [6.07, 6.45) is 2.01. The van der Waals surface area contributed by atoms with E-state index in [2.05, 4.69) is 5.32 Å². The molecule has 22 heavy (non-hydrogen) atoms. The van der Waals surface area contributed by atoms with Crippen molar-refractivity contribution >= 4 is 22.6 Å². The van der Waals surface area contributed by atoms with E-state index in [9.17, 15) is 9.59 Å². The van der Waals surface area contributed by atoms with Gasteiger partial charge in [-0.3, -0.25) is 4.79 Å². The van der Waals surface area contributed by atoms with Crippen LogP contribution in [0.2, 0.25) is 0 Å². The molecule has 0 heterocycles. The first kappa shape index (κ1) is 14.4. The zero-order valence-electron chi connectivity index (χ0n) is 12.1. The van der Waals surface area contributed by atoms with Crippen molar-refractivity contribution in [2.45, 2.75) is 18.9 Å². The summed E-state index contributed by atoms with van der Waals surface area (Å²) in [7, 11) is 0. The zero-order valence-corrected chi connectivity index (χ0v) is 12.1. The molecule has 2 aromatic carbocycles. The second-order valence-corrected chi connectivity index (χ2v) is 5.27. The average molecular weight is 299 g/mol. The molecule has 114 valence electrons. The van der Waals surface area contributed by atoms with E-state index in [-0.39, 0.29) is 25.2 Å². The lowest BCUT2D eigenvalue weighted by Crippen LogP contribution is -2.31. The van der Waals surface area contributed by atoms with Crippen molar-refractivity contribution in [3.8, 4) is 5.75 Å². The number of amides is 1. The molecule has 0 radical (unpaired) electrons. The van der Waals surface area contributed by atoms with Crippen LogP contribution < -0.4 is 10.1 Å². The van der Waals surface area contributed by atoms with Crippen molar-refractivity contribution in [3.05, 3.63) is 42.5 Å². The van der Waals surface area contributed by atoms with Gasteiger partial charge in [-0.25, -0.2) is 4.79 Å². The molecular weight excluding hydrogens is 282 g/mol. The first-order valence-electron chi connectivity index (χ1n) is 7.28. The van der Waals surface area contributed by atoms with Gasteiger partial charge >= 0.3 is 5.97 Å². The van der Waals surface area contributed by atoms with Crippen LogP contribution >= 0.6 is 0 Å². The second-order valence-electron chi connectivity index (χ2n) is 5.27. The number of carbonyl (C=O) groups is 2. The van der Waals surface area contributed by atoms with Gasteiger partial charge in [0.05, 0.1) is 0 Å². The van der Waals surface area contributed by atoms with Crippen LogP contribution in [0.25, 0.3) is 10.8 Å². The van der Waals surface area contributed by atoms with Gasteiger partial charge < -0.3 is 14.8 Å². The molecule has 5 heteroatoms. The van der Waals surface area contributed by atoms with Crippen LogP contribution in [0.5, 0.6) is 5.75 Å². The largest absolute Gasteiger partial charge is 0.481 e. The SMILES string of the molecule is O=C(COC(=O)COc1cccc2ccccc12)NC1CC1. The molecule has 1 N–H and O–H groups in total. The van der Waals surface area contributed by atoms with Gasteiger partial charge in [0.1, 0.15) is 5.75 Å². The normalized spacial score (nSPS) is 13.6. The van der Waals surface area contributed by atoms with E-state index in [4.69, 9.17) is 9.47 Å². The number of rotatable bonds is 6. The van der Waals surface area contributed by atoms with Crippen LogP contribution in [-0.4, -0.2) is 31.1 Å². The molecule has 5 nitrogen and oxygen atoms in total. The molecule has 1 aliphatic carbocycles. The van der Waals surface area contributed by atoms with Gasteiger partial charge in [-0.2, -0.15) is 0 Å². The Hall–Kier alpha value is -2.56. The van der Waals surface area contributed by atoms with Crippen molar-refractivity contribution in [1.82, 2.24) is 5.32 Å². The summed E-state index contributed by atoms with van der Waals surface area (Å²) in [5.41, 5.74) is 0. The summed E-state index contributed by atoms with van der Waals surface area (Å²) in [4.78, 5) is 23.0. The number of hydrogen-bond donors (Lipinski definition) is 1. The highest BCUT2D eigenvalue weighted by Crippen LogP contribution is 2.25. The molecule has 0 bridgehead atoms. The maximum Gasteiger partial charge on any atom is 0.344 e. The third kappa shape index (κ3) is 3.75. The van der Waals surface area contributed by atoms with Gasteiger partial charge in [0.25, 0.3) is 5.91 Å². The van der Waals surface area contributed by atoms with Gasteiger partial charge in [-0.1, -0.05) is 36.4 Å². The van der Waals surface area contributed by atoms with Gasteiger partial charge in [0.2, 0.25) is 0 Å². The molecule has 1 amide bonds. The molecule has 0 unspecified atom stereocenters. The first-order chi connectivity index (χ1) is 10.7. The minimum absolute atomic E-state index is 0.218. The van der Waals surface area contributed by atoms with Gasteiger partial charge in [0, 0.05) is 11.4 Å². The Labute approximate surface area is 128 Å². The molecule has 3 rings (SSSR count). The Kier molecular flexibility index (Phi) is 4.23. The maximum atomic E-state index is 11.6. The van der Waals surface area contributed by atoms with Crippen LogP contribution in [0.1, 0.15) is 12.8 Å². The van der Waals surface area contributed by atoms with E-state index in [1.165, 1.54) is 0 Å². The number of hydrogen-bond acceptors (Lipinski definition) is 4. The fourth-order valence-electron chi connectivity index (χ4n) is 2.14. The average Bonchev–Trinajstić information content (AvgIpc) is 3.34. The van der Waals surface area contributed by atoms with E-state index in [1.807, 2.05) is 36.4 Å². The lowest BCUT2D eigenvalue weighted by molar-refractivity contribution is -0.150. The van der Waals surface area contributed by atoms with Gasteiger partial charge in [-0.05, 0) is 24.3 Å². The molecular formula is C17H17NO4. The predicted molar refractivity (Wildman–Crippen MR) is 81.6 cm³/mol. The molecule has 0 aliphatic heterocycles. The van der Waals surface area contributed by atoms with Crippen molar-refractivity contribution in [2.75, 3.05) is 13.2 Å². The number of benzene rings is 2. The predicted octanol–water partition coefficient (Wildman–Crippen LogP) is 2.04. The number of nitrogens with one attached hydrogen (secondary N) is 1. The van der Waals surface area contributed by atoms with E-state index in [1.54, 1.807) is 6.07 Å². The maximum absolute atomic E-state index is 11.6. The van der Waals surface area contributed by atoms with E-state index < -0.39 is 5.97 Å². The van der Waals surface area contributed by atoms with Crippen molar-refractivity contribution in [2.24, 2.45) is 0 Å². The lowest BCUT2D eigenvalue weighted by Gasteiger charge is -2.09.